The zero-order valence-corrected chi connectivity index (χ0v) is 13.2. The first-order valence-corrected chi connectivity index (χ1v) is 7.59. The van der Waals surface area contributed by atoms with Gasteiger partial charge in [-0.3, -0.25) is 0 Å². The van der Waals surface area contributed by atoms with E-state index in [9.17, 15) is 0 Å². The number of methoxy groups -OCH3 is 1. The Hall–Kier alpha value is -2.14. The van der Waals surface area contributed by atoms with Gasteiger partial charge in [0, 0.05) is 26.1 Å². The molecule has 0 aliphatic rings. The van der Waals surface area contributed by atoms with E-state index in [2.05, 4.69) is 34.3 Å². The first-order chi connectivity index (χ1) is 10.8. The second kappa shape index (κ2) is 9.00. The average Bonchev–Trinajstić information content (AvgIpc) is 2.54. The highest BCUT2D eigenvalue weighted by atomic mass is 16.5. The molecule has 1 aromatic heterocycles. The van der Waals surface area contributed by atoms with Gasteiger partial charge in [-0.1, -0.05) is 37.3 Å². The second-order valence-corrected chi connectivity index (χ2v) is 4.94. The molecule has 2 rings (SSSR count). The Morgan fingerprint density at radius 3 is 2.64 bits per heavy atom. The third kappa shape index (κ3) is 5.33. The molecule has 1 heterocycles. The van der Waals surface area contributed by atoms with Crippen LogP contribution in [0.1, 0.15) is 24.7 Å². The van der Waals surface area contributed by atoms with Crippen LogP contribution >= 0.6 is 0 Å². The Kier molecular flexibility index (Phi) is 6.64. The van der Waals surface area contributed by atoms with Gasteiger partial charge >= 0.3 is 0 Å². The molecule has 5 heteroatoms. The van der Waals surface area contributed by atoms with Crippen molar-refractivity contribution in [3.63, 3.8) is 0 Å². The number of aromatic nitrogens is 2. The zero-order chi connectivity index (χ0) is 15.6. The molecule has 1 N–H and O–H groups in total. The molecule has 0 bridgehead atoms. The summed E-state index contributed by atoms with van der Waals surface area (Å²) in [4.78, 5) is 8.95. The van der Waals surface area contributed by atoms with Crippen LogP contribution < -0.4 is 10.1 Å². The molecule has 0 fully saturated rings. The third-order valence-corrected chi connectivity index (χ3v) is 3.08. The van der Waals surface area contributed by atoms with Gasteiger partial charge in [0.2, 0.25) is 5.88 Å². The molecular weight excluding hydrogens is 278 g/mol. The van der Waals surface area contributed by atoms with E-state index in [1.54, 1.807) is 7.11 Å². The number of hydrogen-bond acceptors (Lipinski definition) is 5. The van der Waals surface area contributed by atoms with Gasteiger partial charge in [0.15, 0.2) is 0 Å². The Bertz CT molecular complexity index is 561. The van der Waals surface area contributed by atoms with Crippen LogP contribution in [-0.4, -0.2) is 30.3 Å². The van der Waals surface area contributed by atoms with E-state index in [1.165, 1.54) is 5.56 Å². The minimum Gasteiger partial charge on any atom is -0.475 e. The first-order valence-electron chi connectivity index (χ1n) is 7.59. The molecule has 0 saturated carbocycles. The van der Waals surface area contributed by atoms with Crippen LogP contribution in [0.2, 0.25) is 0 Å². The molecule has 0 unspecified atom stereocenters. The summed E-state index contributed by atoms with van der Waals surface area (Å²) in [5, 5.41) is 3.33. The predicted octanol–water partition coefficient (Wildman–Crippen LogP) is 3.07. The van der Waals surface area contributed by atoms with Crippen LogP contribution in [0.4, 0.5) is 5.82 Å². The smallest absolute Gasteiger partial charge is 0.218 e. The third-order valence-electron chi connectivity index (χ3n) is 3.08. The van der Waals surface area contributed by atoms with Gasteiger partial charge in [-0.15, -0.1) is 0 Å². The standard InChI is InChI=1S/C17H23N3O2/c1-3-7-15-19-16(12-17(20-15)22-11-10-21-2)18-13-14-8-5-4-6-9-14/h4-6,8-9,12H,3,7,10-11,13H2,1-2H3,(H,18,19,20). The number of anilines is 1. The van der Waals surface area contributed by atoms with E-state index in [4.69, 9.17) is 9.47 Å². The molecule has 1 aromatic carbocycles. The quantitative estimate of drug-likeness (QED) is 0.721. The molecular formula is C17H23N3O2. The maximum atomic E-state index is 5.61. The van der Waals surface area contributed by atoms with Gasteiger partial charge in [0.05, 0.1) is 6.61 Å². The van der Waals surface area contributed by atoms with Crippen molar-refractivity contribution in [3.05, 3.63) is 47.8 Å². The molecule has 2 aromatic rings. The van der Waals surface area contributed by atoms with Gasteiger partial charge in [-0.2, -0.15) is 4.98 Å². The number of rotatable bonds is 9. The van der Waals surface area contributed by atoms with Crippen LogP contribution in [-0.2, 0) is 17.7 Å². The topological polar surface area (TPSA) is 56.3 Å². The van der Waals surface area contributed by atoms with Crippen molar-refractivity contribution < 1.29 is 9.47 Å². The molecule has 118 valence electrons. The second-order valence-electron chi connectivity index (χ2n) is 4.94. The monoisotopic (exact) mass is 301 g/mol. The number of ether oxygens (including phenoxy) is 2. The van der Waals surface area contributed by atoms with Crippen molar-refractivity contribution in [1.82, 2.24) is 9.97 Å². The summed E-state index contributed by atoms with van der Waals surface area (Å²) in [5.74, 6) is 2.17. The molecule has 0 aliphatic carbocycles. The highest BCUT2D eigenvalue weighted by Gasteiger charge is 2.05. The van der Waals surface area contributed by atoms with Crippen molar-refractivity contribution in [3.8, 4) is 5.88 Å². The Labute approximate surface area is 131 Å². The summed E-state index contributed by atoms with van der Waals surface area (Å²) in [7, 11) is 1.65. The summed E-state index contributed by atoms with van der Waals surface area (Å²) >= 11 is 0. The summed E-state index contributed by atoms with van der Waals surface area (Å²) in [6.07, 6.45) is 1.83. The number of benzene rings is 1. The predicted molar refractivity (Wildman–Crippen MR) is 87.2 cm³/mol. The van der Waals surface area contributed by atoms with Crippen molar-refractivity contribution in [2.75, 3.05) is 25.6 Å². The molecule has 0 radical (unpaired) electrons. The van der Waals surface area contributed by atoms with Crippen molar-refractivity contribution in [2.24, 2.45) is 0 Å². The van der Waals surface area contributed by atoms with Crippen LogP contribution in [0.15, 0.2) is 36.4 Å². The molecule has 22 heavy (non-hydrogen) atoms. The van der Waals surface area contributed by atoms with Gasteiger partial charge < -0.3 is 14.8 Å². The van der Waals surface area contributed by atoms with Crippen LogP contribution in [0.25, 0.3) is 0 Å². The fraction of sp³-hybridized carbons (Fsp3) is 0.412. The lowest BCUT2D eigenvalue weighted by atomic mass is 10.2. The van der Waals surface area contributed by atoms with E-state index in [0.717, 1.165) is 31.0 Å². The molecule has 0 atom stereocenters. The fourth-order valence-corrected chi connectivity index (χ4v) is 1.99. The van der Waals surface area contributed by atoms with E-state index in [1.807, 2.05) is 24.3 Å². The van der Waals surface area contributed by atoms with Crippen molar-refractivity contribution in [1.29, 1.82) is 0 Å². The van der Waals surface area contributed by atoms with Gasteiger partial charge in [-0.05, 0) is 12.0 Å². The van der Waals surface area contributed by atoms with Crippen LogP contribution in [0.3, 0.4) is 0 Å². The molecule has 0 saturated heterocycles. The lowest BCUT2D eigenvalue weighted by Gasteiger charge is -2.10. The number of aryl methyl sites for hydroxylation is 1. The number of nitrogens with zero attached hydrogens (tertiary/aromatic N) is 2. The SMILES string of the molecule is CCCc1nc(NCc2ccccc2)cc(OCCOC)n1. The summed E-state index contributed by atoms with van der Waals surface area (Å²) < 4.78 is 10.6. The molecule has 0 amide bonds. The van der Waals surface area contributed by atoms with Gasteiger partial charge in [-0.25, -0.2) is 4.98 Å². The van der Waals surface area contributed by atoms with Crippen molar-refractivity contribution in [2.45, 2.75) is 26.3 Å². The summed E-state index contributed by atoms with van der Waals surface area (Å²) in [6, 6.07) is 12.1. The Balaban J connectivity index is 2.04. The summed E-state index contributed by atoms with van der Waals surface area (Å²) in [5.41, 5.74) is 1.21. The number of hydrogen-bond donors (Lipinski definition) is 1. The number of nitrogens with one attached hydrogen (secondary N) is 1. The highest BCUT2D eigenvalue weighted by Crippen LogP contribution is 2.15. The summed E-state index contributed by atoms with van der Waals surface area (Å²) in [6.45, 7) is 3.86. The van der Waals surface area contributed by atoms with Crippen LogP contribution in [0, 0.1) is 0 Å². The van der Waals surface area contributed by atoms with E-state index >= 15 is 0 Å². The van der Waals surface area contributed by atoms with Crippen molar-refractivity contribution >= 4 is 5.82 Å². The van der Waals surface area contributed by atoms with E-state index < -0.39 is 0 Å². The maximum absolute atomic E-state index is 5.61. The average molecular weight is 301 g/mol. The van der Waals surface area contributed by atoms with E-state index in [0.29, 0.717) is 19.1 Å². The minimum atomic E-state index is 0.483. The minimum absolute atomic E-state index is 0.483. The van der Waals surface area contributed by atoms with Gasteiger partial charge in [0.1, 0.15) is 18.2 Å². The maximum Gasteiger partial charge on any atom is 0.218 e. The largest absolute Gasteiger partial charge is 0.475 e. The molecule has 0 spiro atoms. The molecule has 5 nitrogen and oxygen atoms in total. The molecule has 0 aliphatic heterocycles. The normalized spacial score (nSPS) is 10.5. The Morgan fingerprint density at radius 1 is 1.09 bits per heavy atom. The highest BCUT2D eigenvalue weighted by molar-refractivity contribution is 5.39. The van der Waals surface area contributed by atoms with Gasteiger partial charge in [0.25, 0.3) is 0 Å². The zero-order valence-electron chi connectivity index (χ0n) is 13.2. The Morgan fingerprint density at radius 2 is 1.91 bits per heavy atom. The lowest BCUT2D eigenvalue weighted by Crippen LogP contribution is -2.09. The lowest BCUT2D eigenvalue weighted by molar-refractivity contribution is 0.143. The van der Waals surface area contributed by atoms with Crippen LogP contribution in [0.5, 0.6) is 5.88 Å². The fourth-order valence-electron chi connectivity index (χ4n) is 1.99. The van der Waals surface area contributed by atoms with E-state index in [-0.39, 0.29) is 0 Å². The first kappa shape index (κ1) is 16.2.